The quantitative estimate of drug-likeness (QED) is 0.667. The average Bonchev–Trinajstić information content (AvgIpc) is 2.34. The molecule has 1 rings (SSSR count). The molecule has 1 nitrogen and oxygen atoms in total. The molecule has 0 aliphatic heterocycles. The Morgan fingerprint density at radius 3 is 2.50 bits per heavy atom. The van der Waals surface area contributed by atoms with Gasteiger partial charge in [-0.25, -0.2) is 0 Å². The molecule has 0 radical (unpaired) electrons. The Kier molecular flexibility index (Phi) is 2.96. The molecule has 0 aliphatic rings. The maximum absolute atomic E-state index is 5.50. The Labute approximate surface area is 74.8 Å². The second kappa shape index (κ2) is 3.79. The molecular weight excluding hydrogens is 148 g/mol. The van der Waals surface area contributed by atoms with Crippen molar-refractivity contribution in [1.29, 1.82) is 0 Å². The van der Waals surface area contributed by atoms with Gasteiger partial charge in [-0.05, 0) is 30.4 Å². The molecule has 0 atom stereocenters. The van der Waals surface area contributed by atoms with E-state index in [0.29, 0.717) is 5.92 Å². The van der Waals surface area contributed by atoms with Crippen molar-refractivity contribution in [2.75, 3.05) is 0 Å². The van der Waals surface area contributed by atoms with Crippen LogP contribution < -0.4 is 0 Å². The lowest BCUT2D eigenvalue weighted by Gasteiger charge is -2.01. The maximum Gasteiger partial charge on any atom is 0.106 e. The first kappa shape index (κ1) is 9.37. The Bertz CT molecular complexity index is 246. The molecule has 0 N–H and O–H groups in total. The second-order valence-corrected chi connectivity index (χ2v) is 3.64. The van der Waals surface area contributed by atoms with Crippen molar-refractivity contribution < 1.29 is 4.42 Å². The number of hydrogen-bond acceptors (Lipinski definition) is 1. The SMILES string of the molecule is CCCc1occ(C(C)C)c1C. The van der Waals surface area contributed by atoms with Gasteiger partial charge in [0.1, 0.15) is 5.76 Å². The Hall–Kier alpha value is -0.720. The van der Waals surface area contributed by atoms with Crippen LogP contribution in [0.15, 0.2) is 10.7 Å². The first-order chi connectivity index (χ1) is 5.66. The van der Waals surface area contributed by atoms with Gasteiger partial charge in [0.05, 0.1) is 6.26 Å². The molecule has 0 fully saturated rings. The van der Waals surface area contributed by atoms with Gasteiger partial charge in [0.25, 0.3) is 0 Å². The van der Waals surface area contributed by atoms with Crippen LogP contribution >= 0.6 is 0 Å². The highest BCUT2D eigenvalue weighted by atomic mass is 16.3. The van der Waals surface area contributed by atoms with E-state index in [0.717, 1.165) is 12.8 Å². The molecule has 1 aromatic heterocycles. The third-order valence-electron chi connectivity index (χ3n) is 2.28. The standard InChI is InChI=1S/C11H18O/c1-5-6-11-9(4)10(7-12-11)8(2)3/h7-8H,5-6H2,1-4H3. The summed E-state index contributed by atoms with van der Waals surface area (Å²) in [5.74, 6) is 1.75. The number of furan rings is 1. The summed E-state index contributed by atoms with van der Waals surface area (Å²) < 4.78 is 5.50. The van der Waals surface area contributed by atoms with E-state index < -0.39 is 0 Å². The fourth-order valence-electron chi connectivity index (χ4n) is 1.51. The second-order valence-electron chi connectivity index (χ2n) is 3.64. The first-order valence-electron chi connectivity index (χ1n) is 4.73. The molecule has 12 heavy (non-hydrogen) atoms. The molecule has 1 aromatic rings. The van der Waals surface area contributed by atoms with Crippen molar-refractivity contribution in [1.82, 2.24) is 0 Å². The average molecular weight is 166 g/mol. The number of hydrogen-bond donors (Lipinski definition) is 0. The molecule has 1 heteroatoms. The minimum atomic E-state index is 0.583. The van der Waals surface area contributed by atoms with Crippen molar-refractivity contribution in [2.45, 2.75) is 46.5 Å². The fraction of sp³-hybridized carbons (Fsp3) is 0.636. The van der Waals surface area contributed by atoms with Crippen LogP contribution in [0.1, 0.15) is 50.0 Å². The summed E-state index contributed by atoms with van der Waals surface area (Å²) in [6.45, 7) is 8.74. The zero-order valence-corrected chi connectivity index (χ0v) is 8.48. The Morgan fingerprint density at radius 1 is 1.42 bits per heavy atom. The van der Waals surface area contributed by atoms with Gasteiger partial charge in [0.15, 0.2) is 0 Å². The van der Waals surface area contributed by atoms with Crippen LogP contribution in [0.3, 0.4) is 0 Å². The Balaban J connectivity index is 2.88. The van der Waals surface area contributed by atoms with Crippen molar-refractivity contribution in [3.8, 4) is 0 Å². The van der Waals surface area contributed by atoms with E-state index in [4.69, 9.17) is 4.42 Å². The van der Waals surface area contributed by atoms with Gasteiger partial charge < -0.3 is 4.42 Å². The van der Waals surface area contributed by atoms with Crippen LogP contribution in [0.5, 0.6) is 0 Å². The van der Waals surface area contributed by atoms with E-state index in [1.54, 1.807) is 0 Å². The van der Waals surface area contributed by atoms with Crippen molar-refractivity contribution in [3.63, 3.8) is 0 Å². The molecule has 0 aromatic carbocycles. The van der Waals surface area contributed by atoms with Gasteiger partial charge in [0.2, 0.25) is 0 Å². The third-order valence-corrected chi connectivity index (χ3v) is 2.28. The summed E-state index contributed by atoms with van der Waals surface area (Å²) in [4.78, 5) is 0. The van der Waals surface area contributed by atoms with Gasteiger partial charge in [-0.1, -0.05) is 20.8 Å². The van der Waals surface area contributed by atoms with Crippen LogP contribution in [-0.2, 0) is 6.42 Å². The van der Waals surface area contributed by atoms with Crippen LogP contribution in [0.25, 0.3) is 0 Å². The van der Waals surface area contributed by atoms with Crippen molar-refractivity contribution >= 4 is 0 Å². The zero-order valence-electron chi connectivity index (χ0n) is 8.48. The predicted octanol–water partition coefficient (Wildman–Crippen LogP) is 3.66. The van der Waals surface area contributed by atoms with Gasteiger partial charge in [-0.15, -0.1) is 0 Å². The molecular formula is C11H18O. The smallest absolute Gasteiger partial charge is 0.106 e. The summed E-state index contributed by atoms with van der Waals surface area (Å²) >= 11 is 0. The van der Waals surface area contributed by atoms with Gasteiger partial charge in [-0.2, -0.15) is 0 Å². The van der Waals surface area contributed by atoms with Crippen molar-refractivity contribution in [3.05, 3.63) is 23.2 Å². The minimum absolute atomic E-state index is 0.583. The van der Waals surface area contributed by atoms with Gasteiger partial charge >= 0.3 is 0 Å². The largest absolute Gasteiger partial charge is 0.469 e. The van der Waals surface area contributed by atoms with E-state index in [1.165, 1.54) is 16.9 Å². The lowest BCUT2D eigenvalue weighted by molar-refractivity contribution is 0.501. The minimum Gasteiger partial charge on any atom is -0.469 e. The number of rotatable bonds is 3. The predicted molar refractivity (Wildman–Crippen MR) is 51.5 cm³/mol. The molecule has 0 aliphatic carbocycles. The highest BCUT2D eigenvalue weighted by Gasteiger charge is 2.10. The topological polar surface area (TPSA) is 13.1 Å². The third kappa shape index (κ3) is 1.71. The molecule has 0 spiro atoms. The van der Waals surface area contributed by atoms with E-state index >= 15 is 0 Å². The lowest BCUT2D eigenvalue weighted by atomic mass is 10.0. The zero-order chi connectivity index (χ0) is 9.14. The first-order valence-corrected chi connectivity index (χ1v) is 4.73. The molecule has 0 bridgehead atoms. The maximum atomic E-state index is 5.50. The van der Waals surface area contributed by atoms with Crippen LogP contribution in [0, 0.1) is 6.92 Å². The lowest BCUT2D eigenvalue weighted by Crippen LogP contribution is -1.89. The summed E-state index contributed by atoms with van der Waals surface area (Å²) in [7, 11) is 0. The van der Waals surface area contributed by atoms with Crippen LogP contribution in [0.4, 0.5) is 0 Å². The highest BCUT2D eigenvalue weighted by Crippen LogP contribution is 2.24. The Morgan fingerprint density at radius 2 is 2.08 bits per heavy atom. The van der Waals surface area contributed by atoms with Crippen LogP contribution in [0.2, 0.25) is 0 Å². The summed E-state index contributed by atoms with van der Waals surface area (Å²) in [6, 6.07) is 0. The van der Waals surface area contributed by atoms with Gasteiger partial charge in [-0.3, -0.25) is 0 Å². The molecule has 1 heterocycles. The molecule has 0 saturated carbocycles. The number of aryl methyl sites for hydroxylation is 1. The highest BCUT2D eigenvalue weighted by molar-refractivity contribution is 5.28. The molecule has 0 saturated heterocycles. The van der Waals surface area contributed by atoms with E-state index in [9.17, 15) is 0 Å². The summed E-state index contributed by atoms with van der Waals surface area (Å²) in [5.41, 5.74) is 2.71. The van der Waals surface area contributed by atoms with Gasteiger partial charge in [0, 0.05) is 6.42 Å². The van der Waals surface area contributed by atoms with Crippen molar-refractivity contribution in [2.24, 2.45) is 0 Å². The molecule has 0 unspecified atom stereocenters. The molecule has 0 amide bonds. The monoisotopic (exact) mass is 166 g/mol. The summed E-state index contributed by atoms with van der Waals surface area (Å²) in [6.07, 6.45) is 4.13. The normalized spacial score (nSPS) is 11.1. The van der Waals surface area contributed by atoms with E-state index in [1.807, 2.05) is 6.26 Å². The fourth-order valence-corrected chi connectivity index (χ4v) is 1.51. The van der Waals surface area contributed by atoms with E-state index in [2.05, 4.69) is 27.7 Å². The van der Waals surface area contributed by atoms with Crippen LogP contribution in [-0.4, -0.2) is 0 Å². The van der Waals surface area contributed by atoms with E-state index in [-0.39, 0.29) is 0 Å². The summed E-state index contributed by atoms with van der Waals surface area (Å²) in [5, 5.41) is 0. The molecule has 68 valence electrons.